The summed E-state index contributed by atoms with van der Waals surface area (Å²) in [7, 11) is 0. The Morgan fingerprint density at radius 2 is 1.90 bits per heavy atom. The van der Waals surface area contributed by atoms with Crippen LogP contribution in [0.15, 0.2) is 60.8 Å². The van der Waals surface area contributed by atoms with E-state index in [1.807, 2.05) is 54.6 Å². The molecule has 0 radical (unpaired) electrons. The minimum Gasteiger partial charge on any atom is -0.454 e. The van der Waals surface area contributed by atoms with Gasteiger partial charge in [0.2, 0.25) is 12.7 Å². The van der Waals surface area contributed by atoms with E-state index in [1.165, 1.54) is 0 Å². The zero-order valence-electron chi connectivity index (χ0n) is 15.7. The van der Waals surface area contributed by atoms with Crippen molar-refractivity contribution in [2.24, 2.45) is 0 Å². The zero-order chi connectivity index (χ0) is 19.8. The summed E-state index contributed by atoms with van der Waals surface area (Å²) in [6.45, 7) is 0.225. The van der Waals surface area contributed by atoms with Crippen LogP contribution < -0.4 is 14.8 Å². The Morgan fingerprint density at radius 1 is 1.07 bits per heavy atom. The van der Waals surface area contributed by atoms with Crippen LogP contribution in [0.2, 0.25) is 5.02 Å². The van der Waals surface area contributed by atoms with Gasteiger partial charge in [-0.25, -0.2) is 4.98 Å². The second-order valence-electron chi connectivity index (χ2n) is 7.42. The number of hydrogen-bond acceptors (Lipinski definition) is 4. The van der Waals surface area contributed by atoms with Crippen LogP contribution in [0.5, 0.6) is 11.5 Å². The number of aromatic nitrogens is 1. The third kappa shape index (κ3) is 3.42. The molecule has 0 bridgehead atoms. The van der Waals surface area contributed by atoms with Gasteiger partial charge in [-0.3, -0.25) is 4.79 Å². The van der Waals surface area contributed by atoms with Crippen LogP contribution >= 0.6 is 11.6 Å². The van der Waals surface area contributed by atoms with Crippen molar-refractivity contribution in [1.29, 1.82) is 0 Å². The van der Waals surface area contributed by atoms with Crippen molar-refractivity contribution in [3.63, 3.8) is 0 Å². The molecule has 1 N–H and O–H groups in total. The Bertz CT molecular complexity index is 1080. The first-order valence-corrected chi connectivity index (χ1v) is 9.92. The molecule has 5 rings (SSSR count). The highest BCUT2D eigenvalue weighted by Gasteiger charge is 2.51. The summed E-state index contributed by atoms with van der Waals surface area (Å²) >= 11 is 6.23. The number of hydrogen-bond donors (Lipinski definition) is 1. The second kappa shape index (κ2) is 7.08. The maximum atomic E-state index is 13.0. The Balaban J connectivity index is 1.29. The van der Waals surface area contributed by atoms with Gasteiger partial charge in [-0.05, 0) is 53.8 Å². The Labute approximate surface area is 173 Å². The van der Waals surface area contributed by atoms with Gasteiger partial charge >= 0.3 is 0 Å². The number of carbonyl (C=O) groups is 1. The van der Waals surface area contributed by atoms with E-state index in [9.17, 15) is 4.79 Å². The molecule has 0 atom stereocenters. The van der Waals surface area contributed by atoms with Crippen LogP contribution in [0.1, 0.15) is 29.5 Å². The first kappa shape index (κ1) is 18.0. The predicted octanol–water partition coefficient (Wildman–Crippen LogP) is 4.72. The van der Waals surface area contributed by atoms with E-state index in [2.05, 4.69) is 10.3 Å². The largest absolute Gasteiger partial charge is 0.454 e. The normalized spacial score (nSPS) is 15.8. The first-order valence-electron chi connectivity index (χ1n) is 9.54. The molecule has 2 aliphatic rings. The molecule has 2 aromatic carbocycles. The van der Waals surface area contributed by atoms with E-state index in [0.717, 1.165) is 40.3 Å². The molecular formula is C23H19ClN2O3. The minimum atomic E-state index is -0.515. The molecule has 29 heavy (non-hydrogen) atoms. The molecule has 1 fully saturated rings. The molecule has 1 amide bonds. The van der Waals surface area contributed by atoms with E-state index < -0.39 is 5.41 Å². The number of pyridine rings is 1. The molecule has 0 saturated heterocycles. The molecule has 3 aromatic rings. The lowest BCUT2D eigenvalue weighted by Gasteiger charge is -2.16. The summed E-state index contributed by atoms with van der Waals surface area (Å²) in [5.41, 5.74) is 2.52. The number of carbonyl (C=O) groups excluding carboxylic acids is 1. The average molecular weight is 407 g/mol. The van der Waals surface area contributed by atoms with E-state index in [0.29, 0.717) is 18.0 Å². The van der Waals surface area contributed by atoms with E-state index in [4.69, 9.17) is 21.1 Å². The first-order chi connectivity index (χ1) is 14.1. The van der Waals surface area contributed by atoms with Crippen LogP contribution in [-0.4, -0.2) is 17.7 Å². The number of rotatable bonds is 5. The van der Waals surface area contributed by atoms with Gasteiger partial charge in [-0.15, -0.1) is 0 Å². The number of anilines is 1. The molecule has 0 spiro atoms. The Morgan fingerprint density at radius 3 is 2.66 bits per heavy atom. The lowest BCUT2D eigenvalue weighted by atomic mass is 9.94. The summed E-state index contributed by atoms with van der Waals surface area (Å²) in [5.74, 6) is 1.93. The molecular weight excluding hydrogens is 388 g/mol. The summed E-state index contributed by atoms with van der Waals surface area (Å²) < 4.78 is 10.8. The summed E-state index contributed by atoms with van der Waals surface area (Å²) in [6.07, 6.45) is 4.09. The van der Waals surface area contributed by atoms with Gasteiger partial charge in [0.1, 0.15) is 5.82 Å². The highest BCUT2D eigenvalue weighted by molar-refractivity contribution is 6.31. The van der Waals surface area contributed by atoms with Crippen LogP contribution in [0.4, 0.5) is 5.82 Å². The third-order valence-electron chi connectivity index (χ3n) is 5.53. The van der Waals surface area contributed by atoms with Gasteiger partial charge in [0, 0.05) is 17.6 Å². The topological polar surface area (TPSA) is 60.5 Å². The molecule has 2 heterocycles. The van der Waals surface area contributed by atoms with Gasteiger partial charge in [-0.2, -0.15) is 0 Å². The van der Waals surface area contributed by atoms with Gasteiger partial charge < -0.3 is 14.8 Å². The van der Waals surface area contributed by atoms with Crippen LogP contribution in [-0.2, 0) is 16.6 Å². The van der Waals surface area contributed by atoms with Crippen molar-refractivity contribution in [1.82, 2.24) is 4.98 Å². The van der Waals surface area contributed by atoms with Gasteiger partial charge in [0.15, 0.2) is 11.5 Å². The Hall–Kier alpha value is -3.05. The maximum absolute atomic E-state index is 13.0. The molecule has 146 valence electrons. The summed E-state index contributed by atoms with van der Waals surface area (Å²) in [6, 6.07) is 17.3. The fourth-order valence-electron chi connectivity index (χ4n) is 3.67. The van der Waals surface area contributed by atoms with Crippen molar-refractivity contribution < 1.29 is 14.3 Å². The number of nitrogens with zero attached hydrogens (tertiary/aromatic N) is 1. The average Bonchev–Trinajstić information content (AvgIpc) is 3.42. The fourth-order valence-corrected chi connectivity index (χ4v) is 3.87. The highest BCUT2D eigenvalue weighted by Crippen LogP contribution is 2.51. The summed E-state index contributed by atoms with van der Waals surface area (Å²) in [5, 5.41) is 3.71. The second-order valence-corrected chi connectivity index (χ2v) is 7.83. The summed E-state index contributed by atoms with van der Waals surface area (Å²) in [4.78, 5) is 17.4. The van der Waals surface area contributed by atoms with Gasteiger partial charge in [-0.1, -0.05) is 41.9 Å². The third-order valence-corrected chi connectivity index (χ3v) is 5.90. The molecule has 1 saturated carbocycles. The SMILES string of the molecule is O=C(Nc1ccc(Cc2ccccc2Cl)cn1)C1(c2ccc3c(c2)OCO3)CC1. The predicted molar refractivity (Wildman–Crippen MR) is 111 cm³/mol. The number of nitrogens with one attached hydrogen (secondary N) is 1. The van der Waals surface area contributed by atoms with Crippen molar-refractivity contribution in [3.8, 4) is 11.5 Å². The maximum Gasteiger partial charge on any atom is 0.236 e. The molecule has 1 aromatic heterocycles. The molecule has 1 aliphatic heterocycles. The van der Waals surface area contributed by atoms with Crippen molar-refractivity contribution >= 4 is 23.3 Å². The van der Waals surface area contributed by atoms with Crippen LogP contribution in [0, 0.1) is 0 Å². The lowest BCUT2D eigenvalue weighted by Crippen LogP contribution is -2.28. The van der Waals surface area contributed by atoms with Crippen molar-refractivity contribution in [3.05, 3.63) is 82.5 Å². The van der Waals surface area contributed by atoms with Gasteiger partial charge in [0.25, 0.3) is 0 Å². The fraction of sp³-hybridized carbons (Fsp3) is 0.217. The quantitative estimate of drug-likeness (QED) is 0.665. The van der Waals surface area contributed by atoms with E-state index in [1.54, 1.807) is 6.20 Å². The number of halogens is 1. The van der Waals surface area contributed by atoms with E-state index in [-0.39, 0.29) is 12.7 Å². The number of fused-ring (bicyclic) bond motifs is 1. The zero-order valence-corrected chi connectivity index (χ0v) is 16.4. The van der Waals surface area contributed by atoms with Crippen molar-refractivity contribution in [2.75, 3.05) is 12.1 Å². The number of ether oxygens (including phenoxy) is 2. The highest BCUT2D eigenvalue weighted by atomic mass is 35.5. The lowest BCUT2D eigenvalue weighted by molar-refractivity contribution is -0.118. The molecule has 5 nitrogen and oxygen atoms in total. The molecule has 0 unspecified atom stereocenters. The standard InChI is InChI=1S/C23H19ClN2O3/c24-18-4-2-1-3-16(18)11-15-5-8-21(25-13-15)26-22(27)23(9-10-23)17-6-7-19-20(12-17)29-14-28-19/h1-8,12-13H,9-11,14H2,(H,25,26,27). The molecule has 1 aliphatic carbocycles. The molecule has 6 heteroatoms. The minimum absolute atomic E-state index is 0.0391. The van der Waals surface area contributed by atoms with Crippen LogP contribution in [0.25, 0.3) is 0 Å². The number of amides is 1. The van der Waals surface area contributed by atoms with Crippen LogP contribution in [0.3, 0.4) is 0 Å². The monoisotopic (exact) mass is 406 g/mol. The smallest absolute Gasteiger partial charge is 0.236 e. The van der Waals surface area contributed by atoms with Crippen molar-refractivity contribution in [2.45, 2.75) is 24.7 Å². The van der Waals surface area contributed by atoms with E-state index >= 15 is 0 Å². The van der Waals surface area contributed by atoms with Gasteiger partial charge in [0.05, 0.1) is 5.41 Å². The Kier molecular flexibility index (Phi) is 4.40. The number of benzene rings is 2.